The highest BCUT2D eigenvalue weighted by Gasteiger charge is 2.09. The highest BCUT2D eigenvalue weighted by atomic mass is 15.6. The molecule has 0 bridgehead atoms. The minimum Gasteiger partial charge on any atom is -0.314 e. The maximum Gasteiger partial charge on any atom is 0.199 e. The summed E-state index contributed by atoms with van der Waals surface area (Å²) in [5.74, 6) is 0. The van der Waals surface area contributed by atoms with Gasteiger partial charge >= 0.3 is 0 Å². The molecule has 0 saturated heterocycles. The average molecular weight is 234 g/mol. The molecule has 2 heterocycles. The second-order valence-electron chi connectivity index (χ2n) is 4.10. The average Bonchev–Trinajstić information content (AvgIpc) is 2.77. The normalized spacial score (nSPS) is 13.1. The predicted octanol–water partition coefficient (Wildman–Crippen LogP) is 0.840. The van der Waals surface area contributed by atoms with E-state index in [9.17, 15) is 0 Å². The molecule has 1 atom stereocenters. The first-order chi connectivity index (χ1) is 8.33. The first-order valence-corrected chi connectivity index (χ1v) is 6.11. The van der Waals surface area contributed by atoms with E-state index in [1.54, 1.807) is 0 Å². The molecule has 2 aromatic heterocycles. The molecule has 0 spiro atoms. The van der Waals surface area contributed by atoms with Gasteiger partial charge in [-0.15, -0.1) is 9.73 Å². The SMILES string of the molecule is CCCC(Cc1ccc2nnnn2n1)NCC. The Morgan fingerprint density at radius 1 is 1.35 bits per heavy atom. The molecule has 6 heteroatoms. The monoisotopic (exact) mass is 234 g/mol. The Balaban J connectivity index is 2.09. The number of nitrogens with zero attached hydrogens (tertiary/aromatic N) is 5. The van der Waals surface area contributed by atoms with Crippen LogP contribution in [0.4, 0.5) is 0 Å². The Kier molecular flexibility index (Phi) is 3.98. The van der Waals surface area contributed by atoms with E-state index in [0.717, 1.165) is 25.1 Å². The van der Waals surface area contributed by atoms with E-state index >= 15 is 0 Å². The summed E-state index contributed by atoms with van der Waals surface area (Å²) in [6, 6.07) is 4.37. The maximum absolute atomic E-state index is 4.38. The Morgan fingerprint density at radius 3 is 3.00 bits per heavy atom. The molecular weight excluding hydrogens is 216 g/mol. The second-order valence-corrected chi connectivity index (χ2v) is 4.10. The van der Waals surface area contributed by atoms with Gasteiger partial charge in [-0.3, -0.25) is 0 Å². The van der Waals surface area contributed by atoms with E-state index in [-0.39, 0.29) is 0 Å². The lowest BCUT2D eigenvalue weighted by Gasteiger charge is -2.16. The van der Waals surface area contributed by atoms with Crippen LogP contribution in [0.5, 0.6) is 0 Å². The van der Waals surface area contributed by atoms with Gasteiger partial charge in [-0.05, 0) is 35.5 Å². The van der Waals surface area contributed by atoms with Crippen LogP contribution in [-0.2, 0) is 6.42 Å². The largest absolute Gasteiger partial charge is 0.314 e. The molecule has 0 fully saturated rings. The molecule has 0 aromatic carbocycles. The van der Waals surface area contributed by atoms with Gasteiger partial charge in [0.1, 0.15) is 0 Å². The van der Waals surface area contributed by atoms with Gasteiger partial charge in [0.2, 0.25) is 0 Å². The van der Waals surface area contributed by atoms with Crippen molar-refractivity contribution in [2.45, 2.75) is 39.2 Å². The van der Waals surface area contributed by atoms with Crippen molar-refractivity contribution in [3.8, 4) is 0 Å². The molecule has 0 radical (unpaired) electrons. The first kappa shape index (κ1) is 11.9. The molecule has 1 N–H and O–H groups in total. The molecule has 0 amide bonds. The van der Waals surface area contributed by atoms with Gasteiger partial charge in [0.15, 0.2) is 5.65 Å². The van der Waals surface area contributed by atoms with Crippen LogP contribution in [0.2, 0.25) is 0 Å². The number of tetrazole rings is 1. The maximum atomic E-state index is 4.38. The standard InChI is InChI=1S/C11H18N6/c1-3-5-9(12-4-2)8-10-6-7-11-13-15-16-17(11)14-10/h6-7,9,12H,3-5,8H2,1-2H3. The molecule has 0 aliphatic heterocycles. The summed E-state index contributed by atoms with van der Waals surface area (Å²) >= 11 is 0. The summed E-state index contributed by atoms with van der Waals surface area (Å²) in [5, 5.41) is 19.1. The van der Waals surface area contributed by atoms with Crippen LogP contribution in [0.15, 0.2) is 12.1 Å². The third-order valence-electron chi connectivity index (χ3n) is 2.71. The zero-order chi connectivity index (χ0) is 12.1. The van der Waals surface area contributed by atoms with Crippen LogP contribution in [0, 0.1) is 0 Å². The van der Waals surface area contributed by atoms with Gasteiger partial charge in [0.25, 0.3) is 0 Å². The van der Waals surface area contributed by atoms with E-state index in [1.165, 1.54) is 11.1 Å². The van der Waals surface area contributed by atoms with Crippen molar-refractivity contribution in [2.24, 2.45) is 0 Å². The van der Waals surface area contributed by atoms with Crippen molar-refractivity contribution in [1.29, 1.82) is 0 Å². The highest BCUT2D eigenvalue weighted by Crippen LogP contribution is 2.06. The summed E-state index contributed by atoms with van der Waals surface area (Å²) in [5.41, 5.74) is 1.70. The summed E-state index contributed by atoms with van der Waals surface area (Å²) in [7, 11) is 0. The molecule has 0 saturated carbocycles. The second kappa shape index (κ2) is 5.67. The number of nitrogens with one attached hydrogen (secondary N) is 1. The Bertz CT molecular complexity index is 460. The van der Waals surface area contributed by atoms with Crippen LogP contribution in [0.3, 0.4) is 0 Å². The number of hydrogen-bond donors (Lipinski definition) is 1. The Labute approximate surface area is 100 Å². The molecule has 1 unspecified atom stereocenters. The Morgan fingerprint density at radius 2 is 2.24 bits per heavy atom. The first-order valence-electron chi connectivity index (χ1n) is 6.11. The van der Waals surface area contributed by atoms with Gasteiger partial charge in [0.05, 0.1) is 5.69 Å². The van der Waals surface area contributed by atoms with Gasteiger partial charge in [-0.25, -0.2) is 0 Å². The number of fused-ring (bicyclic) bond motifs is 1. The van der Waals surface area contributed by atoms with E-state index in [0.29, 0.717) is 11.7 Å². The summed E-state index contributed by atoms with van der Waals surface area (Å²) in [6.07, 6.45) is 3.24. The van der Waals surface area contributed by atoms with E-state index in [4.69, 9.17) is 0 Å². The van der Waals surface area contributed by atoms with Crippen LogP contribution >= 0.6 is 0 Å². The lowest BCUT2D eigenvalue weighted by atomic mass is 10.1. The van der Waals surface area contributed by atoms with E-state index < -0.39 is 0 Å². The van der Waals surface area contributed by atoms with Gasteiger partial charge < -0.3 is 5.32 Å². The summed E-state index contributed by atoms with van der Waals surface area (Å²) in [4.78, 5) is 0. The zero-order valence-electron chi connectivity index (χ0n) is 10.3. The molecule has 17 heavy (non-hydrogen) atoms. The van der Waals surface area contributed by atoms with Crippen molar-refractivity contribution in [1.82, 2.24) is 30.6 Å². The molecular formula is C11H18N6. The van der Waals surface area contributed by atoms with Gasteiger partial charge in [0, 0.05) is 12.5 Å². The fraction of sp³-hybridized carbons (Fsp3) is 0.636. The third kappa shape index (κ3) is 2.97. The lowest BCUT2D eigenvalue weighted by Crippen LogP contribution is -2.31. The van der Waals surface area contributed by atoms with Crippen LogP contribution < -0.4 is 5.32 Å². The van der Waals surface area contributed by atoms with E-state index in [1.807, 2.05) is 12.1 Å². The highest BCUT2D eigenvalue weighted by molar-refractivity contribution is 5.32. The third-order valence-corrected chi connectivity index (χ3v) is 2.71. The van der Waals surface area contributed by atoms with Crippen molar-refractivity contribution in [2.75, 3.05) is 6.54 Å². The van der Waals surface area contributed by atoms with Crippen molar-refractivity contribution >= 4 is 5.65 Å². The molecule has 2 aromatic rings. The fourth-order valence-electron chi connectivity index (χ4n) is 1.96. The number of hydrogen-bond acceptors (Lipinski definition) is 5. The molecule has 6 nitrogen and oxygen atoms in total. The minimum absolute atomic E-state index is 0.478. The van der Waals surface area contributed by atoms with Crippen LogP contribution in [0.1, 0.15) is 32.4 Å². The van der Waals surface area contributed by atoms with Crippen molar-refractivity contribution in [3.05, 3.63) is 17.8 Å². The number of aromatic nitrogens is 5. The van der Waals surface area contributed by atoms with Crippen LogP contribution in [-0.4, -0.2) is 37.8 Å². The smallest absolute Gasteiger partial charge is 0.199 e. The lowest BCUT2D eigenvalue weighted by molar-refractivity contribution is 0.477. The zero-order valence-corrected chi connectivity index (χ0v) is 10.3. The minimum atomic E-state index is 0.478. The number of likely N-dealkylation sites (N-methyl/N-ethyl adjacent to an activating group) is 1. The molecule has 92 valence electrons. The molecule has 0 aliphatic carbocycles. The van der Waals surface area contributed by atoms with Crippen LogP contribution in [0.25, 0.3) is 5.65 Å². The van der Waals surface area contributed by atoms with E-state index in [2.05, 4.69) is 39.8 Å². The predicted molar refractivity (Wildman–Crippen MR) is 64.7 cm³/mol. The quantitative estimate of drug-likeness (QED) is 0.802. The van der Waals surface area contributed by atoms with Gasteiger partial charge in [-0.2, -0.15) is 5.10 Å². The fourth-order valence-corrected chi connectivity index (χ4v) is 1.96. The van der Waals surface area contributed by atoms with Gasteiger partial charge in [-0.1, -0.05) is 20.3 Å². The molecule has 0 aliphatic rings. The molecule has 2 rings (SSSR count). The van der Waals surface area contributed by atoms with Crippen molar-refractivity contribution < 1.29 is 0 Å². The number of rotatable bonds is 6. The summed E-state index contributed by atoms with van der Waals surface area (Å²) < 4.78 is 1.48. The van der Waals surface area contributed by atoms with Crippen molar-refractivity contribution in [3.63, 3.8) is 0 Å². The topological polar surface area (TPSA) is 68.0 Å². The Hall–Kier alpha value is -1.56. The summed E-state index contributed by atoms with van der Waals surface area (Å²) in [6.45, 7) is 5.31.